The van der Waals surface area contributed by atoms with Crippen LogP contribution in [0.25, 0.3) is 0 Å². The van der Waals surface area contributed by atoms with E-state index in [4.69, 9.17) is 4.74 Å². The number of methoxy groups -OCH3 is 1. The molecule has 0 radical (unpaired) electrons. The number of carbonyl (C=O) groups excluding carboxylic acids is 1. The van der Waals surface area contributed by atoms with Crippen LogP contribution in [0.4, 0.5) is 4.79 Å². The minimum atomic E-state index is -1.33. The molecule has 1 rings (SSSR count). The Morgan fingerprint density at radius 3 is 2.33 bits per heavy atom. The number of hydrogen-bond donors (Lipinski definition) is 0. The number of benzene rings is 1. The highest BCUT2D eigenvalue weighted by Crippen LogP contribution is 2.20. The van der Waals surface area contributed by atoms with E-state index in [9.17, 15) is 4.79 Å². The van der Waals surface area contributed by atoms with Gasteiger partial charge in [-0.1, -0.05) is 55.7 Å². The van der Waals surface area contributed by atoms with Gasteiger partial charge in [-0.3, -0.25) is 0 Å². The minimum absolute atomic E-state index is 0.384. The first-order chi connectivity index (χ1) is 8.42. The second-order valence-corrected chi connectivity index (χ2v) is 10.2. The highest BCUT2D eigenvalue weighted by Gasteiger charge is 2.16. The Labute approximate surface area is 109 Å². The zero-order valence-electron chi connectivity index (χ0n) is 11.3. The van der Waals surface area contributed by atoms with Gasteiger partial charge in [0.05, 0.1) is 15.2 Å². The SMILES string of the molecule is COC(=O)OC(/C=C/[Si](C)(C)C)c1ccccc1. The van der Waals surface area contributed by atoms with Gasteiger partial charge in [0.25, 0.3) is 0 Å². The summed E-state index contributed by atoms with van der Waals surface area (Å²) in [4.78, 5) is 11.3. The zero-order valence-corrected chi connectivity index (χ0v) is 12.3. The molecule has 0 heterocycles. The van der Waals surface area contributed by atoms with E-state index in [0.29, 0.717) is 0 Å². The summed E-state index contributed by atoms with van der Waals surface area (Å²) in [5, 5.41) is 0. The van der Waals surface area contributed by atoms with Crippen LogP contribution in [-0.4, -0.2) is 21.3 Å². The largest absolute Gasteiger partial charge is 0.508 e. The van der Waals surface area contributed by atoms with Gasteiger partial charge in [-0.2, -0.15) is 0 Å². The molecular weight excluding hydrogens is 244 g/mol. The van der Waals surface area contributed by atoms with Crippen LogP contribution in [0.15, 0.2) is 42.1 Å². The summed E-state index contributed by atoms with van der Waals surface area (Å²) in [6, 6.07) is 9.64. The Morgan fingerprint density at radius 1 is 1.22 bits per heavy atom. The summed E-state index contributed by atoms with van der Waals surface area (Å²) < 4.78 is 9.81. The molecule has 0 spiro atoms. The lowest BCUT2D eigenvalue weighted by molar-refractivity contribution is 0.0522. The van der Waals surface area contributed by atoms with E-state index in [1.165, 1.54) is 7.11 Å². The summed E-state index contributed by atoms with van der Waals surface area (Å²) in [6.45, 7) is 6.68. The Bertz CT molecular complexity index is 407. The van der Waals surface area contributed by atoms with Crippen molar-refractivity contribution in [1.82, 2.24) is 0 Å². The van der Waals surface area contributed by atoms with Crippen LogP contribution in [0.3, 0.4) is 0 Å². The maximum Gasteiger partial charge on any atom is 0.508 e. The molecule has 0 saturated heterocycles. The predicted molar refractivity (Wildman–Crippen MR) is 75.2 cm³/mol. The van der Waals surface area contributed by atoms with E-state index in [0.717, 1.165) is 5.56 Å². The molecule has 1 unspecified atom stereocenters. The van der Waals surface area contributed by atoms with Crippen molar-refractivity contribution in [2.75, 3.05) is 7.11 Å². The van der Waals surface area contributed by atoms with E-state index < -0.39 is 14.2 Å². The molecule has 4 heteroatoms. The van der Waals surface area contributed by atoms with Gasteiger partial charge < -0.3 is 9.47 Å². The van der Waals surface area contributed by atoms with Gasteiger partial charge >= 0.3 is 6.16 Å². The van der Waals surface area contributed by atoms with Crippen LogP contribution in [0.5, 0.6) is 0 Å². The second-order valence-electron chi connectivity index (χ2n) is 5.13. The van der Waals surface area contributed by atoms with E-state index in [1.54, 1.807) is 0 Å². The van der Waals surface area contributed by atoms with Crippen molar-refractivity contribution in [2.45, 2.75) is 25.7 Å². The maximum atomic E-state index is 11.3. The molecule has 0 aromatic heterocycles. The van der Waals surface area contributed by atoms with Gasteiger partial charge in [0.1, 0.15) is 6.10 Å². The van der Waals surface area contributed by atoms with Gasteiger partial charge in [-0.15, -0.1) is 0 Å². The fourth-order valence-electron chi connectivity index (χ4n) is 1.39. The van der Waals surface area contributed by atoms with Crippen molar-refractivity contribution in [3.05, 3.63) is 47.7 Å². The smallest absolute Gasteiger partial charge is 0.438 e. The molecular formula is C14H20O3Si. The predicted octanol–water partition coefficient (Wildman–Crippen LogP) is 3.94. The first-order valence-corrected chi connectivity index (χ1v) is 9.49. The van der Waals surface area contributed by atoms with Gasteiger partial charge in [0.15, 0.2) is 0 Å². The third-order valence-corrected chi connectivity index (χ3v) is 3.48. The fourth-order valence-corrected chi connectivity index (χ4v) is 2.14. The van der Waals surface area contributed by atoms with Gasteiger partial charge in [0, 0.05) is 0 Å². The van der Waals surface area contributed by atoms with Crippen LogP contribution < -0.4 is 0 Å². The molecule has 0 saturated carbocycles. The normalized spacial score (nSPS) is 13.3. The number of carbonyl (C=O) groups is 1. The molecule has 1 aromatic rings. The Balaban J connectivity index is 2.89. The number of hydrogen-bond acceptors (Lipinski definition) is 3. The van der Waals surface area contributed by atoms with Crippen LogP contribution in [0, 0.1) is 0 Å². The van der Waals surface area contributed by atoms with Gasteiger partial charge in [0.2, 0.25) is 0 Å². The van der Waals surface area contributed by atoms with Crippen LogP contribution in [0.1, 0.15) is 11.7 Å². The van der Waals surface area contributed by atoms with Crippen molar-refractivity contribution < 1.29 is 14.3 Å². The molecule has 18 heavy (non-hydrogen) atoms. The van der Waals surface area contributed by atoms with Gasteiger partial charge in [-0.05, 0) is 11.6 Å². The quantitative estimate of drug-likeness (QED) is 0.610. The molecule has 1 atom stereocenters. The monoisotopic (exact) mass is 264 g/mol. The zero-order chi connectivity index (χ0) is 13.6. The van der Waals surface area contributed by atoms with Crippen molar-refractivity contribution in [3.63, 3.8) is 0 Å². The van der Waals surface area contributed by atoms with Crippen LogP contribution in [-0.2, 0) is 9.47 Å². The Hall–Kier alpha value is -1.55. The van der Waals surface area contributed by atoms with E-state index in [1.807, 2.05) is 36.4 Å². The van der Waals surface area contributed by atoms with E-state index in [2.05, 4.69) is 30.1 Å². The van der Waals surface area contributed by atoms with Crippen molar-refractivity contribution in [2.24, 2.45) is 0 Å². The van der Waals surface area contributed by atoms with Crippen LogP contribution in [0.2, 0.25) is 19.6 Å². The summed E-state index contributed by atoms with van der Waals surface area (Å²) in [5.41, 5.74) is 3.10. The van der Waals surface area contributed by atoms with E-state index in [-0.39, 0.29) is 6.10 Å². The maximum absolute atomic E-state index is 11.3. The highest BCUT2D eigenvalue weighted by atomic mass is 28.3. The lowest BCUT2D eigenvalue weighted by Gasteiger charge is -2.16. The second kappa shape index (κ2) is 6.40. The molecule has 0 amide bonds. The first-order valence-electron chi connectivity index (χ1n) is 5.91. The topological polar surface area (TPSA) is 35.5 Å². The summed E-state index contributed by atoms with van der Waals surface area (Å²) in [6.07, 6.45) is 0.896. The lowest BCUT2D eigenvalue weighted by atomic mass is 10.1. The minimum Gasteiger partial charge on any atom is -0.438 e. The molecule has 3 nitrogen and oxygen atoms in total. The molecule has 0 aliphatic carbocycles. The third kappa shape index (κ3) is 5.18. The molecule has 0 aliphatic rings. The standard InChI is InChI=1S/C14H20O3Si/c1-16-14(15)17-13(10-11-18(2,3)4)12-8-6-5-7-9-12/h5-11,13H,1-4H3/b11-10+. The summed E-state index contributed by atoms with van der Waals surface area (Å²) in [5.74, 6) is 0. The molecule has 0 N–H and O–H groups in total. The molecule has 0 bridgehead atoms. The lowest BCUT2D eigenvalue weighted by Crippen LogP contribution is -2.17. The first kappa shape index (κ1) is 14.5. The van der Waals surface area contributed by atoms with E-state index >= 15 is 0 Å². The highest BCUT2D eigenvalue weighted by molar-refractivity contribution is 6.80. The van der Waals surface area contributed by atoms with Crippen LogP contribution >= 0.6 is 0 Å². The number of ether oxygens (including phenoxy) is 2. The average molecular weight is 264 g/mol. The van der Waals surface area contributed by atoms with Crippen molar-refractivity contribution >= 4 is 14.2 Å². The Morgan fingerprint density at radius 2 is 1.83 bits per heavy atom. The van der Waals surface area contributed by atoms with Crippen molar-refractivity contribution in [3.8, 4) is 0 Å². The fraction of sp³-hybridized carbons (Fsp3) is 0.357. The summed E-state index contributed by atoms with van der Waals surface area (Å²) >= 11 is 0. The molecule has 1 aromatic carbocycles. The summed E-state index contributed by atoms with van der Waals surface area (Å²) in [7, 11) is -0.0147. The molecule has 98 valence electrons. The molecule has 0 fully saturated rings. The van der Waals surface area contributed by atoms with Gasteiger partial charge in [-0.25, -0.2) is 4.79 Å². The number of rotatable bonds is 4. The Kier molecular flexibility index (Phi) is 5.16. The van der Waals surface area contributed by atoms with Crippen molar-refractivity contribution in [1.29, 1.82) is 0 Å². The molecule has 0 aliphatic heterocycles. The average Bonchev–Trinajstić information content (AvgIpc) is 2.34. The third-order valence-electron chi connectivity index (χ3n) is 2.29.